The molecule has 4 rings (SSSR count). The Morgan fingerprint density at radius 1 is 0.730 bits per heavy atom. The molecule has 0 saturated carbocycles. The lowest BCUT2D eigenvalue weighted by Gasteiger charge is -2.15. The molecule has 1 amide bonds. The van der Waals surface area contributed by atoms with E-state index in [1.807, 2.05) is 48.5 Å². The minimum absolute atomic E-state index is 0.138. The molecule has 0 aromatic heterocycles. The van der Waals surface area contributed by atoms with Crippen molar-refractivity contribution in [3.8, 4) is 11.5 Å². The van der Waals surface area contributed by atoms with Crippen molar-refractivity contribution in [2.24, 2.45) is 0 Å². The molecule has 0 aliphatic rings. The zero-order chi connectivity index (χ0) is 26.0. The molecule has 0 radical (unpaired) electrons. The summed E-state index contributed by atoms with van der Waals surface area (Å²) in [5, 5.41) is 12.9. The predicted molar refractivity (Wildman–Crippen MR) is 142 cm³/mol. The molecular weight excluding hydrogens is 490 g/mol. The normalized spacial score (nSPS) is 11.4. The van der Waals surface area contributed by atoms with Crippen molar-refractivity contribution in [2.45, 2.75) is 25.7 Å². The zero-order valence-corrected chi connectivity index (χ0v) is 20.7. The van der Waals surface area contributed by atoms with Crippen molar-refractivity contribution < 1.29 is 24.2 Å². The number of carbonyl (C=O) groups is 2. The van der Waals surface area contributed by atoms with Crippen molar-refractivity contribution in [3.63, 3.8) is 0 Å². The zero-order valence-electron chi connectivity index (χ0n) is 20.0. The highest BCUT2D eigenvalue weighted by molar-refractivity contribution is 6.31. The maximum Gasteiger partial charge on any atom is 0.326 e. The van der Waals surface area contributed by atoms with Crippen LogP contribution in [-0.2, 0) is 24.4 Å². The summed E-state index contributed by atoms with van der Waals surface area (Å²) in [4.78, 5) is 24.5. The minimum atomic E-state index is -1.11. The number of aliphatic carboxylic acids is 1. The number of carbonyl (C=O) groups excluding carboxylic acids is 1. The highest BCUT2D eigenvalue weighted by atomic mass is 35.5. The number of benzene rings is 4. The van der Waals surface area contributed by atoms with E-state index in [-0.39, 0.29) is 6.42 Å². The smallest absolute Gasteiger partial charge is 0.326 e. The Balaban J connectivity index is 1.30. The molecule has 0 unspecified atom stereocenters. The van der Waals surface area contributed by atoms with Crippen LogP contribution in [0.5, 0.6) is 11.5 Å². The summed E-state index contributed by atoms with van der Waals surface area (Å²) in [6, 6.07) is 29.8. The van der Waals surface area contributed by atoms with E-state index in [0.717, 1.165) is 16.7 Å². The van der Waals surface area contributed by atoms with Crippen molar-refractivity contribution in [1.82, 2.24) is 5.32 Å². The van der Waals surface area contributed by atoms with Crippen LogP contribution in [0.1, 0.15) is 27.0 Å². The van der Waals surface area contributed by atoms with Gasteiger partial charge in [0.1, 0.15) is 30.8 Å². The average molecular weight is 516 g/mol. The van der Waals surface area contributed by atoms with E-state index < -0.39 is 17.9 Å². The summed E-state index contributed by atoms with van der Waals surface area (Å²) in [5.74, 6) is -0.341. The molecule has 0 fully saturated rings. The van der Waals surface area contributed by atoms with Crippen LogP contribution in [0.2, 0.25) is 5.02 Å². The lowest BCUT2D eigenvalue weighted by atomic mass is 10.1. The van der Waals surface area contributed by atoms with Gasteiger partial charge in [-0.05, 0) is 53.6 Å². The lowest BCUT2D eigenvalue weighted by molar-refractivity contribution is -0.139. The fourth-order valence-corrected chi connectivity index (χ4v) is 3.81. The Morgan fingerprint density at radius 3 is 1.97 bits per heavy atom. The quantitative estimate of drug-likeness (QED) is 0.259. The largest absolute Gasteiger partial charge is 0.489 e. The van der Waals surface area contributed by atoms with Crippen LogP contribution in [0.25, 0.3) is 0 Å². The van der Waals surface area contributed by atoms with Crippen LogP contribution < -0.4 is 14.8 Å². The summed E-state index contributed by atoms with van der Waals surface area (Å²) in [7, 11) is 0. The van der Waals surface area contributed by atoms with Crippen LogP contribution in [0.3, 0.4) is 0 Å². The molecule has 0 aliphatic heterocycles. The summed E-state index contributed by atoms with van der Waals surface area (Å²) in [6.07, 6.45) is 0.138. The van der Waals surface area contributed by atoms with Crippen molar-refractivity contribution in [3.05, 3.63) is 130 Å². The van der Waals surface area contributed by atoms with Gasteiger partial charge >= 0.3 is 5.97 Å². The van der Waals surface area contributed by atoms with Gasteiger partial charge in [-0.3, -0.25) is 4.79 Å². The summed E-state index contributed by atoms with van der Waals surface area (Å²) in [6.45, 7) is 0.736. The van der Waals surface area contributed by atoms with Gasteiger partial charge in [0.2, 0.25) is 0 Å². The molecule has 37 heavy (non-hydrogen) atoms. The molecule has 4 aromatic carbocycles. The SMILES string of the molecule is O=C(N[C@@H](Cc1ccc(OCc2ccccc2)cc1)C(=O)O)c1ccc(OCc2ccccc2Cl)cc1. The summed E-state index contributed by atoms with van der Waals surface area (Å²) >= 11 is 6.15. The Labute approximate surface area is 220 Å². The topological polar surface area (TPSA) is 84.9 Å². The highest BCUT2D eigenvalue weighted by Gasteiger charge is 2.21. The number of rotatable bonds is 11. The maximum absolute atomic E-state index is 12.7. The first-order valence-corrected chi connectivity index (χ1v) is 12.1. The van der Waals surface area contributed by atoms with Crippen molar-refractivity contribution in [1.29, 1.82) is 0 Å². The van der Waals surface area contributed by atoms with Crippen molar-refractivity contribution in [2.75, 3.05) is 0 Å². The first kappa shape index (κ1) is 25.8. The van der Waals surface area contributed by atoms with Gasteiger partial charge in [-0.25, -0.2) is 4.79 Å². The van der Waals surface area contributed by atoms with Crippen LogP contribution in [0.4, 0.5) is 0 Å². The lowest BCUT2D eigenvalue weighted by Crippen LogP contribution is -2.42. The van der Waals surface area contributed by atoms with E-state index in [1.54, 1.807) is 54.6 Å². The fraction of sp³-hybridized carbons (Fsp3) is 0.133. The van der Waals surface area contributed by atoms with E-state index in [1.165, 1.54) is 0 Å². The van der Waals surface area contributed by atoms with Crippen LogP contribution in [0, 0.1) is 0 Å². The monoisotopic (exact) mass is 515 g/mol. The minimum Gasteiger partial charge on any atom is -0.489 e. The number of hydrogen-bond donors (Lipinski definition) is 2. The third-order valence-electron chi connectivity index (χ3n) is 5.68. The second kappa shape index (κ2) is 12.6. The van der Waals surface area contributed by atoms with Gasteiger partial charge in [0.25, 0.3) is 5.91 Å². The van der Waals surface area contributed by atoms with Crippen LogP contribution in [0.15, 0.2) is 103 Å². The Morgan fingerprint density at radius 2 is 1.32 bits per heavy atom. The molecule has 0 spiro atoms. The predicted octanol–water partition coefficient (Wildman–Crippen LogP) is 5.92. The molecule has 7 heteroatoms. The van der Waals surface area contributed by atoms with Gasteiger partial charge in [0.15, 0.2) is 0 Å². The standard InChI is InChI=1S/C30H26ClNO5/c31-27-9-5-4-8-24(27)20-37-26-16-12-23(13-17-26)29(33)32-28(30(34)35)18-21-10-14-25(15-11-21)36-19-22-6-2-1-3-7-22/h1-17,28H,18-20H2,(H,32,33)(H,34,35)/t28-/m0/s1. The number of amides is 1. The first-order valence-electron chi connectivity index (χ1n) is 11.7. The first-order chi connectivity index (χ1) is 18.0. The van der Waals surface area contributed by atoms with E-state index in [2.05, 4.69) is 5.32 Å². The number of nitrogens with one attached hydrogen (secondary N) is 1. The van der Waals surface area contributed by atoms with E-state index in [4.69, 9.17) is 21.1 Å². The number of ether oxygens (including phenoxy) is 2. The molecule has 4 aromatic rings. The third kappa shape index (κ3) is 7.59. The van der Waals surface area contributed by atoms with Gasteiger partial charge in [0.05, 0.1) is 0 Å². The summed E-state index contributed by atoms with van der Waals surface area (Å²) in [5.41, 5.74) is 3.01. The average Bonchev–Trinajstić information content (AvgIpc) is 2.92. The Hall–Kier alpha value is -4.29. The van der Waals surface area contributed by atoms with Gasteiger partial charge in [-0.2, -0.15) is 0 Å². The Kier molecular flexibility index (Phi) is 8.79. The van der Waals surface area contributed by atoms with Gasteiger partial charge in [-0.15, -0.1) is 0 Å². The molecule has 0 saturated heterocycles. The number of halogens is 1. The maximum atomic E-state index is 12.7. The number of carboxylic acid groups (broad SMARTS) is 1. The second-order valence-corrected chi connectivity index (χ2v) is 8.80. The van der Waals surface area contributed by atoms with E-state index in [0.29, 0.717) is 35.3 Å². The molecule has 0 bridgehead atoms. The van der Waals surface area contributed by atoms with Crippen molar-refractivity contribution >= 4 is 23.5 Å². The van der Waals surface area contributed by atoms with E-state index in [9.17, 15) is 14.7 Å². The third-order valence-corrected chi connectivity index (χ3v) is 6.05. The molecule has 2 N–H and O–H groups in total. The molecule has 1 atom stereocenters. The molecule has 188 valence electrons. The number of hydrogen-bond acceptors (Lipinski definition) is 4. The second-order valence-electron chi connectivity index (χ2n) is 8.39. The van der Waals surface area contributed by atoms with E-state index >= 15 is 0 Å². The number of carboxylic acids is 1. The fourth-order valence-electron chi connectivity index (χ4n) is 3.62. The van der Waals surface area contributed by atoms with Crippen LogP contribution in [-0.4, -0.2) is 23.0 Å². The highest BCUT2D eigenvalue weighted by Crippen LogP contribution is 2.20. The Bertz CT molecular complexity index is 1320. The van der Waals surface area contributed by atoms with Gasteiger partial charge in [-0.1, -0.05) is 72.3 Å². The van der Waals surface area contributed by atoms with Gasteiger partial charge < -0.3 is 19.9 Å². The van der Waals surface area contributed by atoms with Gasteiger partial charge in [0, 0.05) is 22.6 Å². The molecule has 0 heterocycles. The van der Waals surface area contributed by atoms with Crippen LogP contribution >= 0.6 is 11.6 Å². The molecule has 6 nitrogen and oxygen atoms in total. The molecular formula is C30H26ClNO5. The summed E-state index contributed by atoms with van der Waals surface area (Å²) < 4.78 is 11.5. The molecule has 0 aliphatic carbocycles.